The molecule has 0 aliphatic heterocycles. The minimum atomic E-state index is 0.444. The van der Waals surface area contributed by atoms with E-state index in [0.717, 1.165) is 17.9 Å². The van der Waals surface area contributed by atoms with Gasteiger partial charge in [0.2, 0.25) is 11.8 Å². The number of aryl methyl sites for hydroxylation is 1. The van der Waals surface area contributed by atoms with Crippen molar-refractivity contribution in [2.45, 2.75) is 27.3 Å². The van der Waals surface area contributed by atoms with E-state index >= 15 is 0 Å². The van der Waals surface area contributed by atoms with Gasteiger partial charge in [-0.25, -0.2) is 4.98 Å². The maximum atomic E-state index is 5.46. The number of nitrogens with one attached hydrogen (secondary N) is 2. The fourth-order valence-electron chi connectivity index (χ4n) is 1.53. The first-order valence-electron chi connectivity index (χ1n) is 6.35. The van der Waals surface area contributed by atoms with Gasteiger partial charge in [0.05, 0.1) is 18.1 Å². The molecule has 0 bridgehead atoms. The second kappa shape index (κ2) is 6.29. The normalized spacial score (nSPS) is 10.9. The van der Waals surface area contributed by atoms with Gasteiger partial charge in [0, 0.05) is 18.3 Å². The predicted molar refractivity (Wildman–Crippen MR) is 72.0 cm³/mol. The zero-order chi connectivity index (χ0) is 13.7. The molecule has 0 amide bonds. The molecule has 6 heteroatoms. The third kappa shape index (κ3) is 4.33. The molecule has 0 saturated carbocycles. The van der Waals surface area contributed by atoms with Gasteiger partial charge in [-0.3, -0.25) is 10.1 Å². The Morgan fingerprint density at radius 2 is 2.11 bits per heavy atom. The van der Waals surface area contributed by atoms with Crippen LogP contribution in [0.3, 0.4) is 0 Å². The van der Waals surface area contributed by atoms with Crippen LogP contribution in [0, 0.1) is 12.8 Å². The molecule has 0 aliphatic carbocycles. The first-order valence-corrected chi connectivity index (χ1v) is 6.35. The van der Waals surface area contributed by atoms with E-state index in [1.165, 1.54) is 0 Å². The van der Waals surface area contributed by atoms with Gasteiger partial charge in [0.1, 0.15) is 0 Å². The molecule has 2 rings (SSSR count). The second-order valence-corrected chi connectivity index (χ2v) is 4.86. The highest BCUT2D eigenvalue weighted by atomic mass is 16.5. The van der Waals surface area contributed by atoms with Crippen LogP contribution in [0.1, 0.15) is 25.2 Å². The van der Waals surface area contributed by atoms with E-state index in [4.69, 9.17) is 4.74 Å². The lowest BCUT2D eigenvalue weighted by Gasteiger charge is -2.06. The molecule has 0 spiro atoms. The zero-order valence-electron chi connectivity index (χ0n) is 11.5. The van der Waals surface area contributed by atoms with Gasteiger partial charge in [-0.05, 0) is 19.4 Å². The van der Waals surface area contributed by atoms with Crippen LogP contribution in [-0.4, -0.2) is 26.7 Å². The second-order valence-electron chi connectivity index (χ2n) is 4.86. The molecule has 0 aromatic carbocycles. The van der Waals surface area contributed by atoms with Crippen LogP contribution < -0.4 is 10.1 Å². The largest absolute Gasteiger partial charge is 0.417 e. The monoisotopic (exact) mass is 261 g/mol. The Morgan fingerprint density at radius 1 is 1.26 bits per heavy atom. The lowest BCUT2D eigenvalue weighted by molar-refractivity contribution is 0.439. The highest BCUT2D eigenvalue weighted by molar-refractivity contribution is 5.19. The molecular formula is C13H19N5O. The summed E-state index contributed by atoms with van der Waals surface area (Å²) < 4.78 is 5.46. The SMILES string of the molecule is Cc1cc(Oc2cnc(CNCC(C)C)cn2)n[nH]1. The fourth-order valence-corrected chi connectivity index (χ4v) is 1.53. The van der Waals surface area contributed by atoms with Crippen LogP contribution in [0.25, 0.3) is 0 Å². The Bertz CT molecular complexity index is 506. The van der Waals surface area contributed by atoms with Crippen LogP contribution >= 0.6 is 0 Å². The van der Waals surface area contributed by atoms with Gasteiger partial charge in [-0.15, -0.1) is 5.10 Å². The highest BCUT2D eigenvalue weighted by Crippen LogP contribution is 2.15. The number of hydrogen-bond donors (Lipinski definition) is 2. The third-order valence-corrected chi connectivity index (χ3v) is 2.43. The average Bonchev–Trinajstić information content (AvgIpc) is 2.77. The molecule has 19 heavy (non-hydrogen) atoms. The van der Waals surface area contributed by atoms with Crippen molar-refractivity contribution in [3.8, 4) is 11.8 Å². The number of rotatable bonds is 6. The Labute approximate surface area is 112 Å². The van der Waals surface area contributed by atoms with Crippen LogP contribution in [0.5, 0.6) is 11.8 Å². The van der Waals surface area contributed by atoms with Gasteiger partial charge in [-0.2, -0.15) is 0 Å². The summed E-state index contributed by atoms with van der Waals surface area (Å²) in [6.07, 6.45) is 3.32. The van der Waals surface area contributed by atoms with Crippen molar-refractivity contribution < 1.29 is 4.74 Å². The number of ether oxygens (including phenoxy) is 1. The molecule has 6 nitrogen and oxygen atoms in total. The van der Waals surface area contributed by atoms with Crippen LogP contribution in [0.15, 0.2) is 18.5 Å². The van der Waals surface area contributed by atoms with Gasteiger partial charge >= 0.3 is 0 Å². The molecule has 102 valence electrons. The van der Waals surface area contributed by atoms with Crippen LogP contribution in [-0.2, 0) is 6.54 Å². The number of aromatic amines is 1. The first-order chi connectivity index (χ1) is 9.13. The van der Waals surface area contributed by atoms with Crippen molar-refractivity contribution in [3.63, 3.8) is 0 Å². The van der Waals surface area contributed by atoms with Crippen molar-refractivity contribution in [1.82, 2.24) is 25.5 Å². The van der Waals surface area contributed by atoms with E-state index < -0.39 is 0 Å². The molecular weight excluding hydrogens is 242 g/mol. The van der Waals surface area contributed by atoms with E-state index in [0.29, 0.717) is 24.2 Å². The van der Waals surface area contributed by atoms with Crippen LogP contribution in [0.4, 0.5) is 0 Å². The van der Waals surface area contributed by atoms with E-state index in [1.54, 1.807) is 18.5 Å². The summed E-state index contributed by atoms with van der Waals surface area (Å²) in [5, 5.41) is 10.1. The maximum absolute atomic E-state index is 5.46. The number of H-pyrrole nitrogens is 1. The Balaban J connectivity index is 1.87. The van der Waals surface area contributed by atoms with E-state index in [2.05, 4.69) is 39.3 Å². The topological polar surface area (TPSA) is 75.7 Å². The Kier molecular flexibility index (Phi) is 4.46. The summed E-state index contributed by atoms with van der Waals surface area (Å²) in [5.74, 6) is 1.56. The lowest BCUT2D eigenvalue weighted by atomic mass is 10.2. The van der Waals surface area contributed by atoms with Gasteiger partial charge in [0.15, 0.2) is 0 Å². The molecule has 0 saturated heterocycles. The molecule has 0 fully saturated rings. The summed E-state index contributed by atoms with van der Waals surface area (Å²) in [7, 11) is 0. The minimum Gasteiger partial charge on any atom is -0.417 e. The summed E-state index contributed by atoms with van der Waals surface area (Å²) in [6.45, 7) is 7.93. The fraction of sp³-hybridized carbons (Fsp3) is 0.462. The van der Waals surface area contributed by atoms with E-state index in [9.17, 15) is 0 Å². The lowest BCUT2D eigenvalue weighted by Crippen LogP contribution is -2.19. The predicted octanol–water partition coefficient (Wildman–Crippen LogP) is 2.05. The molecule has 2 N–H and O–H groups in total. The summed E-state index contributed by atoms with van der Waals surface area (Å²) in [4.78, 5) is 8.49. The van der Waals surface area contributed by atoms with Crippen molar-refractivity contribution in [2.24, 2.45) is 5.92 Å². The summed E-state index contributed by atoms with van der Waals surface area (Å²) in [5.41, 5.74) is 1.84. The quantitative estimate of drug-likeness (QED) is 0.832. The van der Waals surface area contributed by atoms with Gasteiger partial charge < -0.3 is 10.1 Å². The maximum Gasteiger partial charge on any atom is 0.240 e. The van der Waals surface area contributed by atoms with Crippen molar-refractivity contribution in [3.05, 3.63) is 29.8 Å². The molecule has 0 aliphatic rings. The molecule has 2 aromatic heterocycles. The van der Waals surface area contributed by atoms with E-state index in [1.807, 2.05) is 6.92 Å². The Morgan fingerprint density at radius 3 is 2.68 bits per heavy atom. The summed E-state index contributed by atoms with van der Waals surface area (Å²) in [6, 6.07) is 1.81. The van der Waals surface area contributed by atoms with Crippen molar-refractivity contribution in [2.75, 3.05) is 6.54 Å². The molecule has 0 unspecified atom stereocenters. The van der Waals surface area contributed by atoms with Crippen molar-refractivity contribution >= 4 is 0 Å². The molecule has 2 aromatic rings. The highest BCUT2D eigenvalue weighted by Gasteiger charge is 2.03. The minimum absolute atomic E-state index is 0.444. The zero-order valence-corrected chi connectivity index (χ0v) is 11.5. The van der Waals surface area contributed by atoms with Gasteiger partial charge in [0.25, 0.3) is 0 Å². The number of hydrogen-bond acceptors (Lipinski definition) is 5. The van der Waals surface area contributed by atoms with Crippen LogP contribution in [0.2, 0.25) is 0 Å². The number of nitrogens with zero attached hydrogens (tertiary/aromatic N) is 3. The number of aromatic nitrogens is 4. The molecule has 2 heterocycles. The van der Waals surface area contributed by atoms with Gasteiger partial charge in [-0.1, -0.05) is 13.8 Å². The van der Waals surface area contributed by atoms with E-state index in [-0.39, 0.29) is 0 Å². The van der Waals surface area contributed by atoms with Crippen molar-refractivity contribution in [1.29, 1.82) is 0 Å². The smallest absolute Gasteiger partial charge is 0.240 e. The first kappa shape index (κ1) is 13.5. The summed E-state index contributed by atoms with van der Waals surface area (Å²) >= 11 is 0. The molecule has 0 radical (unpaired) electrons. The third-order valence-electron chi connectivity index (χ3n) is 2.43. The Hall–Kier alpha value is -1.95. The standard InChI is InChI=1S/C13H19N5O/c1-9(2)5-14-6-11-7-16-13(8-15-11)19-12-4-10(3)17-18-12/h4,7-9,14H,5-6H2,1-3H3,(H,17,18). The molecule has 0 atom stereocenters. The average molecular weight is 261 g/mol.